The van der Waals surface area contributed by atoms with Crippen LogP contribution in [0.25, 0.3) is 0 Å². The van der Waals surface area contributed by atoms with Gasteiger partial charge in [-0.05, 0) is 70.5 Å². The Hall–Kier alpha value is -0.120. The molecule has 0 aromatic carbocycles. The minimum absolute atomic E-state index is 0.668. The maximum atomic E-state index is 5.44. The maximum Gasteiger partial charge on any atom is 0.0495 e. The molecule has 112 valence electrons. The number of likely N-dealkylation sites (tertiary alicyclic amines) is 1. The highest BCUT2D eigenvalue weighted by atomic mass is 16.5. The molecule has 2 heterocycles. The third kappa shape index (κ3) is 5.05. The van der Waals surface area contributed by atoms with Crippen LogP contribution in [-0.2, 0) is 4.74 Å². The number of hydrogen-bond donors (Lipinski definition) is 1. The predicted molar refractivity (Wildman–Crippen MR) is 80.5 cm³/mol. The second-order valence-electron chi connectivity index (χ2n) is 6.46. The number of rotatable bonds is 7. The van der Waals surface area contributed by atoms with E-state index in [4.69, 9.17) is 4.74 Å². The van der Waals surface area contributed by atoms with E-state index in [1.165, 1.54) is 58.3 Å². The molecule has 0 saturated carbocycles. The Bertz CT molecular complexity index is 239. The molecule has 2 fully saturated rings. The first-order valence-corrected chi connectivity index (χ1v) is 8.33. The molecule has 2 aliphatic heterocycles. The molecule has 0 bridgehead atoms. The highest BCUT2D eigenvalue weighted by Gasteiger charge is 2.24. The van der Waals surface area contributed by atoms with Crippen LogP contribution in [0, 0.1) is 11.8 Å². The average Bonchev–Trinajstić information content (AvgIpc) is 2.92. The third-order valence-corrected chi connectivity index (χ3v) is 4.83. The van der Waals surface area contributed by atoms with Gasteiger partial charge in [-0.3, -0.25) is 0 Å². The first kappa shape index (κ1) is 15.3. The molecule has 0 radical (unpaired) electrons. The van der Waals surface area contributed by atoms with E-state index in [1.54, 1.807) is 0 Å². The van der Waals surface area contributed by atoms with Crippen molar-refractivity contribution in [2.75, 3.05) is 39.4 Å². The molecule has 19 heavy (non-hydrogen) atoms. The van der Waals surface area contributed by atoms with E-state index >= 15 is 0 Å². The quantitative estimate of drug-likeness (QED) is 0.768. The van der Waals surface area contributed by atoms with Crippen LogP contribution in [0.2, 0.25) is 0 Å². The van der Waals surface area contributed by atoms with Gasteiger partial charge in [-0.25, -0.2) is 0 Å². The number of ether oxygens (including phenoxy) is 1. The largest absolute Gasteiger partial charge is 0.381 e. The molecule has 0 aromatic rings. The number of piperidine rings is 1. The molecule has 2 rings (SSSR count). The summed E-state index contributed by atoms with van der Waals surface area (Å²) in [5, 5.41) is 3.76. The van der Waals surface area contributed by atoms with Gasteiger partial charge in [-0.2, -0.15) is 0 Å². The minimum Gasteiger partial charge on any atom is -0.381 e. The molecule has 3 nitrogen and oxygen atoms in total. The van der Waals surface area contributed by atoms with Crippen molar-refractivity contribution in [2.45, 2.75) is 52.0 Å². The highest BCUT2D eigenvalue weighted by Crippen LogP contribution is 2.20. The van der Waals surface area contributed by atoms with E-state index in [2.05, 4.69) is 24.1 Å². The van der Waals surface area contributed by atoms with Crippen molar-refractivity contribution < 1.29 is 4.74 Å². The molecule has 0 aliphatic carbocycles. The summed E-state index contributed by atoms with van der Waals surface area (Å²) >= 11 is 0. The van der Waals surface area contributed by atoms with Crippen LogP contribution < -0.4 is 5.32 Å². The van der Waals surface area contributed by atoms with Crippen LogP contribution in [0.4, 0.5) is 0 Å². The van der Waals surface area contributed by atoms with Gasteiger partial charge in [0, 0.05) is 25.8 Å². The van der Waals surface area contributed by atoms with E-state index in [9.17, 15) is 0 Å². The zero-order valence-electron chi connectivity index (χ0n) is 12.9. The molecule has 3 atom stereocenters. The van der Waals surface area contributed by atoms with Crippen LogP contribution in [0.5, 0.6) is 0 Å². The Kier molecular flexibility index (Phi) is 6.62. The Balaban J connectivity index is 1.62. The Morgan fingerprint density at radius 3 is 3.00 bits per heavy atom. The van der Waals surface area contributed by atoms with Crippen molar-refractivity contribution in [1.29, 1.82) is 0 Å². The summed E-state index contributed by atoms with van der Waals surface area (Å²) in [6.07, 6.45) is 6.63. The normalized spacial score (nSPS) is 30.6. The third-order valence-electron chi connectivity index (χ3n) is 4.83. The minimum atomic E-state index is 0.668. The summed E-state index contributed by atoms with van der Waals surface area (Å²) in [5.41, 5.74) is 0. The van der Waals surface area contributed by atoms with Gasteiger partial charge in [0.1, 0.15) is 0 Å². The topological polar surface area (TPSA) is 24.5 Å². The Labute approximate surface area is 119 Å². The van der Waals surface area contributed by atoms with Crippen molar-refractivity contribution in [2.24, 2.45) is 11.8 Å². The average molecular weight is 268 g/mol. The second-order valence-corrected chi connectivity index (χ2v) is 6.46. The molecule has 2 saturated heterocycles. The molecular formula is C16H32N2O. The van der Waals surface area contributed by atoms with Crippen LogP contribution in [0.1, 0.15) is 46.0 Å². The van der Waals surface area contributed by atoms with Crippen LogP contribution in [0.3, 0.4) is 0 Å². The molecular weight excluding hydrogens is 236 g/mol. The van der Waals surface area contributed by atoms with Crippen molar-refractivity contribution in [3.8, 4) is 0 Å². The lowest BCUT2D eigenvalue weighted by Gasteiger charge is -2.36. The van der Waals surface area contributed by atoms with Crippen molar-refractivity contribution in [1.82, 2.24) is 10.2 Å². The van der Waals surface area contributed by atoms with E-state index in [-0.39, 0.29) is 0 Å². The smallest absolute Gasteiger partial charge is 0.0495 e. The lowest BCUT2D eigenvalue weighted by atomic mass is 9.91. The lowest BCUT2D eigenvalue weighted by molar-refractivity contribution is 0.149. The fraction of sp³-hybridized carbons (Fsp3) is 1.00. The Morgan fingerprint density at radius 2 is 2.26 bits per heavy atom. The highest BCUT2D eigenvalue weighted by molar-refractivity contribution is 4.80. The van der Waals surface area contributed by atoms with Crippen LogP contribution in [0.15, 0.2) is 0 Å². The van der Waals surface area contributed by atoms with E-state index < -0.39 is 0 Å². The first-order chi connectivity index (χ1) is 9.29. The number of nitrogens with one attached hydrogen (secondary N) is 1. The standard InChI is InChI=1S/C16H32N2O/c1-3-9-18-10-4-5-16(12-18)14(2)17-8-6-15-7-11-19-13-15/h14-17H,3-13H2,1-2H3. The van der Waals surface area contributed by atoms with E-state index in [0.29, 0.717) is 6.04 Å². The zero-order chi connectivity index (χ0) is 13.5. The monoisotopic (exact) mass is 268 g/mol. The van der Waals surface area contributed by atoms with Crippen LogP contribution >= 0.6 is 0 Å². The predicted octanol–water partition coefficient (Wildman–Crippen LogP) is 2.51. The van der Waals surface area contributed by atoms with Gasteiger partial charge in [0.2, 0.25) is 0 Å². The van der Waals surface area contributed by atoms with Crippen molar-refractivity contribution in [3.63, 3.8) is 0 Å². The zero-order valence-corrected chi connectivity index (χ0v) is 12.9. The van der Waals surface area contributed by atoms with Gasteiger partial charge in [-0.1, -0.05) is 6.92 Å². The summed E-state index contributed by atoms with van der Waals surface area (Å²) in [5.74, 6) is 1.66. The lowest BCUT2D eigenvalue weighted by Crippen LogP contribution is -2.45. The fourth-order valence-electron chi connectivity index (χ4n) is 3.51. The summed E-state index contributed by atoms with van der Waals surface area (Å²) in [7, 11) is 0. The molecule has 3 heteroatoms. The second kappa shape index (κ2) is 8.23. The molecule has 1 N–H and O–H groups in total. The summed E-state index contributed by atoms with van der Waals surface area (Å²) in [6, 6.07) is 0.668. The van der Waals surface area contributed by atoms with Gasteiger partial charge in [0.15, 0.2) is 0 Å². The summed E-state index contributed by atoms with van der Waals surface area (Å²) in [4.78, 5) is 2.65. The van der Waals surface area contributed by atoms with E-state index in [0.717, 1.165) is 25.0 Å². The first-order valence-electron chi connectivity index (χ1n) is 8.33. The summed E-state index contributed by atoms with van der Waals surface area (Å²) in [6.45, 7) is 11.7. The van der Waals surface area contributed by atoms with Gasteiger partial charge in [0.05, 0.1) is 0 Å². The molecule has 0 aromatic heterocycles. The molecule has 2 aliphatic rings. The van der Waals surface area contributed by atoms with Gasteiger partial charge in [0.25, 0.3) is 0 Å². The van der Waals surface area contributed by atoms with Gasteiger partial charge < -0.3 is 15.0 Å². The van der Waals surface area contributed by atoms with E-state index in [1.807, 2.05) is 0 Å². The molecule has 0 amide bonds. The summed E-state index contributed by atoms with van der Waals surface area (Å²) < 4.78 is 5.44. The molecule has 3 unspecified atom stereocenters. The SMILES string of the molecule is CCCN1CCCC(C(C)NCCC2CCOC2)C1. The van der Waals surface area contributed by atoms with Crippen LogP contribution in [-0.4, -0.2) is 50.3 Å². The molecule has 0 spiro atoms. The van der Waals surface area contributed by atoms with Gasteiger partial charge in [-0.15, -0.1) is 0 Å². The maximum absolute atomic E-state index is 5.44. The number of hydrogen-bond acceptors (Lipinski definition) is 3. The van der Waals surface area contributed by atoms with Crippen molar-refractivity contribution in [3.05, 3.63) is 0 Å². The van der Waals surface area contributed by atoms with Crippen molar-refractivity contribution >= 4 is 0 Å². The fourth-order valence-corrected chi connectivity index (χ4v) is 3.51. The van der Waals surface area contributed by atoms with Gasteiger partial charge >= 0.3 is 0 Å². The Morgan fingerprint density at radius 1 is 1.37 bits per heavy atom. The number of nitrogens with zero attached hydrogens (tertiary/aromatic N) is 1.